The van der Waals surface area contributed by atoms with Crippen molar-refractivity contribution in [1.29, 1.82) is 0 Å². The number of hydrogen-bond donors (Lipinski definition) is 1. The van der Waals surface area contributed by atoms with Crippen LogP contribution < -0.4 is 9.64 Å². The molecule has 39 heavy (non-hydrogen) atoms. The van der Waals surface area contributed by atoms with E-state index in [4.69, 9.17) is 14.5 Å². The van der Waals surface area contributed by atoms with Gasteiger partial charge in [0, 0.05) is 44.4 Å². The molecule has 8 rings (SSSR count). The lowest BCUT2D eigenvalue weighted by molar-refractivity contribution is 0.0303. The fourth-order valence-electron chi connectivity index (χ4n) is 6.67. The Labute approximate surface area is 224 Å². The Hall–Kier alpha value is -3.98. The van der Waals surface area contributed by atoms with Gasteiger partial charge in [-0.3, -0.25) is 4.98 Å². The standard InChI is InChI=1S/C30H28FN5O3/c31-26-27(22-13-18(37)12-17-4-1-2-5-21(17)22)32-14-23-28(26)33-30(39-25-9-11-35-10-3-6-24(25)35)34-29(23)36-15-19-7-8-20(16-36)38-19/h1-2,4-5,12-14,19-20,37H,3,6-11,15-16H2. The summed E-state index contributed by atoms with van der Waals surface area (Å²) in [6, 6.07) is 10.9. The zero-order valence-corrected chi connectivity index (χ0v) is 21.4. The maximum absolute atomic E-state index is 16.5. The van der Waals surface area contributed by atoms with Crippen molar-refractivity contribution in [3.8, 4) is 23.0 Å². The van der Waals surface area contributed by atoms with Crippen molar-refractivity contribution in [2.24, 2.45) is 0 Å². The summed E-state index contributed by atoms with van der Waals surface area (Å²) in [5.74, 6) is 1.01. The molecule has 2 bridgehead atoms. The number of hydrogen-bond acceptors (Lipinski definition) is 8. The molecule has 8 nitrogen and oxygen atoms in total. The first-order valence-corrected chi connectivity index (χ1v) is 13.7. The van der Waals surface area contributed by atoms with Gasteiger partial charge in [-0.15, -0.1) is 0 Å². The van der Waals surface area contributed by atoms with E-state index in [9.17, 15) is 5.11 Å². The minimum absolute atomic E-state index is 0.0527. The van der Waals surface area contributed by atoms with E-state index in [0.29, 0.717) is 29.9 Å². The number of pyridine rings is 1. The van der Waals surface area contributed by atoms with Crippen LogP contribution in [0, 0.1) is 5.82 Å². The largest absolute Gasteiger partial charge is 0.508 e. The summed E-state index contributed by atoms with van der Waals surface area (Å²) >= 11 is 0. The molecule has 4 aromatic rings. The molecule has 4 aliphatic heterocycles. The van der Waals surface area contributed by atoms with Crippen LogP contribution in [-0.2, 0) is 4.74 Å². The van der Waals surface area contributed by atoms with Crippen LogP contribution >= 0.6 is 0 Å². The highest BCUT2D eigenvalue weighted by Crippen LogP contribution is 2.39. The Morgan fingerprint density at radius 3 is 2.69 bits per heavy atom. The van der Waals surface area contributed by atoms with Crippen LogP contribution in [0.1, 0.15) is 32.1 Å². The van der Waals surface area contributed by atoms with Crippen LogP contribution in [0.2, 0.25) is 0 Å². The Morgan fingerprint density at radius 1 is 0.974 bits per heavy atom. The highest BCUT2D eigenvalue weighted by atomic mass is 19.1. The molecule has 0 amide bonds. The number of phenolic OH excluding ortho intramolecular Hbond substituents is 1. The van der Waals surface area contributed by atoms with Gasteiger partial charge in [-0.05, 0) is 48.6 Å². The Bertz CT molecular complexity index is 1660. The molecule has 9 heteroatoms. The molecule has 198 valence electrons. The molecule has 2 aromatic carbocycles. The van der Waals surface area contributed by atoms with E-state index in [1.54, 1.807) is 18.3 Å². The first kappa shape index (κ1) is 23.0. The van der Waals surface area contributed by atoms with Gasteiger partial charge in [-0.2, -0.15) is 9.97 Å². The number of aromatic nitrogens is 3. The third kappa shape index (κ3) is 3.78. The minimum Gasteiger partial charge on any atom is -0.508 e. The molecule has 3 saturated heterocycles. The molecule has 1 N–H and O–H groups in total. The second-order valence-corrected chi connectivity index (χ2v) is 10.9. The van der Waals surface area contributed by atoms with Gasteiger partial charge >= 0.3 is 6.01 Å². The van der Waals surface area contributed by atoms with Gasteiger partial charge < -0.3 is 24.4 Å². The monoisotopic (exact) mass is 525 g/mol. The van der Waals surface area contributed by atoms with Gasteiger partial charge in [0.05, 0.1) is 23.3 Å². The van der Waals surface area contributed by atoms with Crippen LogP contribution in [0.5, 0.6) is 11.8 Å². The quantitative estimate of drug-likeness (QED) is 0.392. The molecule has 0 aliphatic carbocycles. The minimum atomic E-state index is -0.556. The molecule has 2 atom stereocenters. The molecule has 0 saturated carbocycles. The van der Waals surface area contributed by atoms with E-state index < -0.39 is 5.82 Å². The summed E-state index contributed by atoms with van der Waals surface area (Å²) in [4.78, 5) is 18.6. The summed E-state index contributed by atoms with van der Waals surface area (Å²) in [5, 5.41) is 12.6. The Balaban J connectivity index is 1.30. The van der Waals surface area contributed by atoms with Gasteiger partial charge in [0.2, 0.25) is 0 Å². The summed E-state index contributed by atoms with van der Waals surface area (Å²) < 4.78 is 28.9. The number of allylic oxidation sites excluding steroid dienone is 1. The molecular formula is C30H28FN5O3. The second-order valence-electron chi connectivity index (χ2n) is 10.9. The number of phenols is 1. The van der Waals surface area contributed by atoms with E-state index in [2.05, 4.69) is 19.8 Å². The summed E-state index contributed by atoms with van der Waals surface area (Å²) in [6.07, 6.45) is 6.86. The van der Waals surface area contributed by atoms with Crippen LogP contribution in [-0.4, -0.2) is 63.3 Å². The normalized spacial score (nSPS) is 22.4. The predicted molar refractivity (Wildman–Crippen MR) is 145 cm³/mol. The summed E-state index contributed by atoms with van der Waals surface area (Å²) in [5.41, 5.74) is 2.03. The van der Waals surface area contributed by atoms with Crippen molar-refractivity contribution < 1.29 is 19.0 Å². The van der Waals surface area contributed by atoms with Crippen molar-refractivity contribution >= 4 is 27.5 Å². The number of nitrogens with zero attached hydrogens (tertiary/aromatic N) is 5. The first-order chi connectivity index (χ1) is 19.1. The van der Waals surface area contributed by atoms with Crippen molar-refractivity contribution in [3.05, 3.63) is 59.9 Å². The highest BCUT2D eigenvalue weighted by Gasteiger charge is 2.36. The van der Waals surface area contributed by atoms with Crippen LogP contribution in [0.3, 0.4) is 0 Å². The topological polar surface area (TPSA) is 83.8 Å². The molecule has 2 aromatic heterocycles. The number of halogens is 1. The van der Waals surface area contributed by atoms with E-state index in [1.807, 2.05) is 24.3 Å². The fourth-order valence-corrected chi connectivity index (χ4v) is 6.67. The average molecular weight is 526 g/mol. The van der Waals surface area contributed by atoms with Crippen molar-refractivity contribution in [2.45, 2.75) is 44.3 Å². The lowest BCUT2D eigenvalue weighted by atomic mass is 10.0. The number of benzene rings is 2. The van der Waals surface area contributed by atoms with Crippen molar-refractivity contribution in [1.82, 2.24) is 19.9 Å². The molecular weight excluding hydrogens is 497 g/mol. The van der Waals surface area contributed by atoms with E-state index in [0.717, 1.165) is 61.7 Å². The second kappa shape index (κ2) is 8.77. The van der Waals surface area contributed by atoms with Gasteiger partial charge in [0.1, 0.15) is 28.5 Å². The first-order valence-electron chi connectivity index (χ1n) is 13.7. The van der Waals surface area contributed by atoms with E-state index in [-0.39, 0.29) is 35.2 Å². The predicted octanol–water partition coefficient (Wildman–Crippen LogP) is 5.15. The Morgan fingerprint density at radius 2 is 1.82 bits per heavy atom. The molecule has 0 radical (unpaired) electrons. The third-order valence-corrected chi connectivity index (χ3v) is 8.46. The maximum Gasteiger partial charge on any atom is 0.324 e. The molecule has 3 fully saturated rings. The molecule has 0 spiro atoms. The molecule has 6 heterocycles. The Kier molecular flexibility index (Phi) is 5.16. The van der Waals surface area contributed by atoms with Crippen LogP contribution in [0.15, 0.2) is 54.1 Å². The lowest BCUT2D eigenvalue weighted by Crippen LogP contribution is -2.43. The molecule has 2 unspecified atom stereocenters. The third-order valence-electron chi connectivity index (χ3n) is 8.46. The fraction of sp³-hybridized carbons (Fsp3) is 0.367. The van der Waals surface area contributed by atoms with E-state index >= 15 is 4.39 Å². The summed E-state index contributed by atoms with van der Waals surface area (Å²) in [6.45, 7) is 3.35. The van der Waals surface area contributed by atoms with Crippen molar-refractivity contribution in [2.75, 3.05) is 31.1 Å². The zero-order valence-electron chi connectivity index (χ0n) is 21.4. The average Bonchev–Trinajstić information content (AvgIpc) is 3.65. The molecule has 4 aliphatic rings. The smallest absolute Gasteiger partial charge is 0.324 e. The number of morpholine rings is 1. The van der Waals surface area contributed by atoms with E-state index in [1.165, 1.54) is 5.70 Å². The number of fused-ring (bicyclic) bond motifs is 5. The van der Waals surface area contributed by atoms with Crippen molar-refractivity contribution in [3.63, 3.8) is 0 Å². The number of aromatic hydroxyl groups is 1. The van der Waals surface area contributed by atoms with Crippen LogP contribution in [0.4, 0.5) is 10.2 Å². The SMILES string of the molecule is Oc1cc(-c2ncc3c(N4CC5CCC(C4)O5)nc(OC4=C5CCCN5CC4)nc3c2F)c2ccccc2c1. The van der Waals surface area contributed by atoms with Gasteiger partial charge in [-0.25, -0.2) is 4.39 Å². The van der Waals surface area contributed by atoms with Gasteiger partial charge in [-0.1, -0.05) is 24.3 Å². The number of rotatable bonds is 4. The maximum atomic E-state index is 16.5. The zero-order chi connectivity index (χ0) is 26.1. The highest BCUT2D eigenvalue weighted by molar-refractivity contribution is 5.99. The van der Waals surface area contributed by atoms with Gasteiger partial charge in [0.15, 0.2) is 5.82 Å². The number of anilines is 1. The lowest BCUT2D eigenvalue weighted by Gasteiger charge is -2.33. The van der Waals surface area contributed by atoms with Crippen LogP contribution in [0.25, 0.3) is 32.9 Å². The summed E-state index contributed by atoms with van der Waals surface area (Å²) in [7, 11) is 0. The number of ether oxygens (including phenoxy) is 2. The van der Waals surface area contributed by atoms with Gasteiger partial charge in [0.25, 0.3) is 0 Å².